The summed E-state index contributed by atoms with van der Waals surface area (Å²) in [6, 6.07) is 7.82. The Labute approximate surface area is 142 Å². The number of aromatic nitrogens is 2. The van der Waals surface area contributed by atoms with Crippen LogP contribution >= 0.6 is 0 Å². The van der Waals surface area contributed by atoms with Gasteiger partial charge in [-0.2, -0.15) is 4.39 Å². The first-order valence-electron chi connectivity index (χ1n) is 7.92. The van der Waals surface area contributed by atoms with Gasteiger partial charge in [0, 0.05) is 6.42 Å². The molecule has 8 heteroatoms. The first-order valence-corrected chi connectivity index (χ1v) is 7.92. The smallest absolute Gasteiger partial charge is 0.330 e. The number of ether oxygens (including phenoxy) is 2. The molecule has 1 aliphatic rings. The lowest BCUT2D eigenvalue weighted by molar-refractivity contribution is -0.0659. The van der Waals surface area contributed by atoms with Gasteiger partial charge in [0.15, 0.2) is 0 Å². The summed E-state index contributed by atoms with van der Waals surface area (Å²) in [6.45, 7) is 2.01. The van der Waals surface area contributed by atoms with E-state index in [-0.39, 0.29) is 13.0 Å². The normalized spacial score (nSPS) is 23.1. The van der Waals surface area contributed by atoms with Crippen LogP contribution in [0.1, 0.15) is 23.8 Å². The van der Waals surface area contributed by atoms with Gasteiger partial charge in [0.05, 0.1) is 25.5 Å². The summed E-state index contributed by atoms with van der Waals surface area (Å²) in [7, 11) is 0. The third kappa shape index (κ3) is 3.87. The van der Waals surface area contributed by atoms with Crippen molar-refractivity contribution in [3.8, 4) is 0 Å². The van der Waals surface area contributed by atoms with E-state index < -0.39 is 35.5 Å². The number of rotatable bonds is 5. The van der Waals surface area contributed by atoms with Crippen molar-refractivity contribution in [3.05, 3.63) is 68.2 Å². The van der Waals surface area contributed by atoms with E-state index in [0.717, 1.165) is 21.9 Å². The maximum Gasteiger partial charge on any atom is 0.330 e. The number of aliphatic hydroxyl groups is 1. The number of hydrogen-bond acceptors (Lipinski definition) is 5. The highest BCUT2D eigenvalue weighted by atomic mass is 19.1. The van der Waals surface area contributed by atoms with Gasteiger partial charge in [-0.15, -0.1) is 0 Å². The highest BCUT2D eigenvalue weighted by Gasteiger charge is 2.37. The number of H-pyrrole nitrogens is 1. The van der Waals surface area contributed by atoms with E-state index >= 15 is 0 Å². The molecule has 1 aliphatic heterocycles. The summed E-state index contributed by atoms with van der Waals surface area (Å²) >= 11 is 0. The fourth-order valence-electron chi connectivity index (χ4n) is 2.89. The lowest BCUT2D eigenvalue weighted by atomic mass is 10.1. The van der Waals surface area contributed by atoms with Gasteiger partial charge in [-0.05, 0) is 12.5 Å². The molecule has 134 valence electrons. The lowest BCUT2D eigenvalue weighted by Crippen LogP contribution is -2.34. The van der Waals surface area contributed by atoms with Gasteiger partial charge < -0.3 is 14.6 Å². The Hall–Kier alpha value is -2.29. The van der Waals surface area contributed by atoms with Crippen LogP contribution in [-0.4, -0.2) is 33.5 Å². The van der Waals surface area contributed by atoms with Crippen LogP contribution < -0.4 is 11.2 Å². The maximum atomic E-state index is 13.5. The molecule has 3 rings (SSSR count). The van der Waals surface area contributed by atoms with Crippen LogP contribution in [0, 0.1) is 12.7 Å². The second-order valence-electron chi connectivity index (χ2n) is 6.03. The Balaban J connectivity index is 1.73. The molecule has 3 atom stereocenters. The van der Waals surface area contributed by atoms with Crippen molar-refractivity contribution in [3.63, 3.8) is 0 Å². The van der Waals surface area contributed by atoms with E-state index in [0.29, 0.717) is 6.61 Å². The quantitative estimate of drug-likeness (QED) is 0.834. The summed E-state index contributed by atoms with van der Waals surface area (Å²) in [5.74, 6) is -1.08. The minimum Gasteiger partial charge on any atom is -0.394 e. The lowest BCUT2D eigenvalue weighted by Gasteiger charge is -2.16. The summed E-state index contributed by atoms with van der Waals surface area (Å²) < 4.78 is 25.8. The number of nitrogens with one attached hydrogen (secondary N) is 1. The Bertz CT molecular complexity index is 863. The molecular formula is C17H19FN2O5. The van der Waals surface area contributed by atoms with Crippen molar-refractivity contribution in [2.45, 2.75) is 38.4 Å². The van der Waals surface area contributed by atoms with Gasteiger partial charge in [-0.3, -0.25) is 14.3 Å². The predicted molar refractivity (Wildman–Crippen MR) is 86.6 cm³/mol. The minimum atomic E-state index is -1.08. The molecule has 0 bridgehead atoms. The molecule has 0 radical (unpaired) electrons. The van der Waals surface area contributed by atoms with E-state index in [1.807, 2.05) is 36.2 Å². The van der Waals surface area contributed by atoms with Gasteiger partial charge in [-0.25, -0.2) is 4.79 Å². The molecular weight excluding hydrogens is 331 g/mol. The molecule has 1 saturated heterocycles. The molecule has 25 heavy (non-hydrogen) atoms. The fourth-order valence-corrected chi connectivity index (χ4v) is 2.89. The van der Waals surface area contributed by atoms with Crippen LogP contribution in [0.3, 0.4) is 0 Å². The van der Waals surface area contributed by atoms with Crippen LogP contribution in [0.2, 0.25) is 0 Å². The van der Waals surface area contributed by atoms with E-state index in [1.165, 1.54) is 0 Å². The predicted octanol–water partition coefficient (Wildman–Crippen LogP) is 0.849. The maximum absolute atomic E-state index is 13.5. The zero-order valence-corrected chi connectivity index (χ0v) is 13.6. The number of aliphatic hydroxyl groups excluding tert-OH is 1. The second-order valence-corrected chi connectivity index (χ2v) is 6.03. The van der Waals surface area contributed by atoms with Gasteiger partial charge in [0.2, 0.25) is 5.82 Å². The van der Waals surface area contributed by atoms with Crippen LogP contribution in [0.25, 0.3) is 0 Å². The first kappa shape index (κ1) is 17.5. The molecule has 0 aliphatic carbocycles. The largest absolute Gasteiger partial charge is 0.394 e. The number of aromatic amines is 1. The molecule has 1 aromatic heterocycles. The standard InChI is InChI=1S/C17H19FN2O5/c1-10-3-2-4-11(5-10)9-24-13-6-15(25-14(13)8-21)20-7-12(18)16(22)19-17(20)23/h2-5,7,13-15,21H,6,8-9H2,1H3,(H,19,22,23)/t13?,14-,15-/m0/s1. The van der Waals surface area contributed by atoms with Gasteiger partial charge in [-0.1, -0.05) is 29.8 Å². The van der Waals surface area contributed by atoms with E-state index in [9.17, 15) is 19.1 Å². The summed E-state index contributed by atoms with van der Waals surface area (Å²) in [5, 5.41) is 9.49. The van der Waals surface area contributed by atoms with Crippen molar-refractivity contribution < 1.29 is 19.0 Å². The zero-order chi connectivity index (χ0) is 18.0. The number of aryl methyl sites for hydroxylation is 1. The summed E-state index contributed by atoms with van der Waals surface area (Å²) in [4.78, 5) is 24.9. The summed E-state index contributed by atoms with van der Waals surface area (Å²) in [6.07, 6.45) is -0.862. The molecule has 0 spiro atoms. The number of nitrogens with zero attached hydrogens (tertiary/aromatic N) is 1. The molecule has 1 unspecified atom stereocenters. The van der Waals surface area contributed by atoms with Gasteiger partial charge in [0.25, 0.3) is 5.56 Å². The highest BCUT2D eigenvalue weighted by molar-refractivity contribution is 5.21. The minimum absolute atomic E-state index is 0.252. The molecule has 2 N–H and O–H groups in total. The average Bonchev–Trinajstić information content (AvgIpc) is 2.99. The van der Waals surface area contributed by atoms with Crippen LogP contribution in [0.15, 0.2) is 40.1 Å². The number of benzene rings is 1. The Kier molecular flexibility index (Phi) is 5.12. The fraction of sp³-hybridized carbons (Fsp3) is 0.412. The molecule has 2 aromatic rings. The molecule has 1 aromatic carbocycles. The third-order valence-corrected chi connectivity index (χ3v) is 4.14. The number of halogens is 1. The van der Waals surface area contributed by atoms with Crippen LogP contribution in [-0.2, 0) is 16.1 Å². The van der Waals surface area contributed by atoms with Crippen molar-refractivity contribution >= 4 is 0 Å². The second kappa shape index (κ2) is 7.30. The van der Waals surface area contributed by atoms with Gasteiger partial charge in [0.1, 0.15) is 12.3 Å². The summed E-state index contributed by atoms with van der Waals surface area (Å²) in [5.41, 5.74) is 0.237. The van der Waals surface area contributed by atoms with Crippen molar-refractivity contribution in [2.24, 2.45) is 0 Å². The van der Waals surface area contributed by atoms with Crippen molar-refractivity contribution in [1.29, 1.82) is 0 Å². The zero-order valence-electron chi connectivity index (χ0n) is 13.6. The topological polar surface area (TPSA) is 93.6 Å². The Morgan fingerprint density at radius 1 is 1.44 bits per heavy atom. The third-order valence-electron chi connectivity index (χ3n) is 4.14. The first-order chi connectivity index (χ1) is 12.0. The average molecular weight is 350 g/mol. The van der Waals surface area contributed by atoms with Crippen LogP contribution in [0.5, 0.6) is 0 Å². The SMILES string of the molecule is Cc1cccc(COC2C[C@@H](n3cc(F)c(=O)[nH]c3=O)O[C@H]2CO)c1. The van der Waals surface area contributed by atoms with E-state index in [1.54, 1.807) is 0 Å². The van der Waals surface area contributed by atoms with Gasteiger partial charge >= 0.3 is 5.69 Å². The monoisotopic (exact) mass is 350 g/mol. The number of hydrogen-bond donors (Lipinski definition) is 2. The van der Waals surface area contributed by atoms with Crippen molar-refractivity contribution in [2.75, 3.05) is 6.61 Å². The van der Waals surface area contributed by atoms with E-state index in [4.69, 9.17) is 9.47 Å². The Morgan fingerprint density at radius 2 is 2.24 bits per heavy atom. The molecule has 1 fully saturated rings. The molecule has 0 saturated carbocycles. The van der Waals surface area contributed by atoms with E-state index in [2.05, 4.69) is 0 Å². The molecule has 2 heterocycles. The molecule has 7 nitrogen and oxygen atoms in total. The molecule has 0 amide bonds. The Morgan fingerprint density at radius 3 is 2.96 bits per heavy atom. The highest BCUT2D eigenvalue weighted by Crippen LogP contribution is 2.30. The van der Waals surface area contributed by atoms with Crippen molar-refractivity contribution in [1.82, 2.24) is 9.55 Å². The van der Waals surface area contributed by atoms with Crippen LogP contribution in [0.4, 0.5) is 4.39 Å².